The second-order valence-electron chi connectivity index (χ2n) is 6.91. The van der Waals surface area contributed by atoms with E-state index in [-0.39, 0.29) is 11.7 Å². The van der Waals surface area contributed by atoms with Crippen LogP contribution in [-0.2, 0) is 6.54 Å². The maximum Gasteiger partial charge on any atom is 0.289 e. The topological polar surface area (TPSA) is 78.9 Å². The molecule has 30 heavy (non-hydrogen) atoms. The van der Waals surface area contributed by atoms with Gasteiger partial charge in [-0.15, -0.1) is 0 Å². The Morgan fingerprint density at radius 3 is 2.67 bits per heavy atom. The number of piperazine rings is 1. The third-order valence-corrected chi connectivity index (χ3v) is 5.06. The van der Waals surface area contributed by atoms with Crippen LogP contribution in [-0.4, -0.2) is 64.4 Å². The first-order valence-corrected chi connectivity index (χ1v) is 9.71. The summed E-state index contributed by atoms with van der Waals surface area (Å²) in [6.07, 6.45) is 6.38. The summed E-state index contributed by atoms with van der Waals surface area (Å²) in [6.45, 7) is 2.91. The summed E-state index contributed by atoms with van der Waals surface area (Å²) in [7, 11) is 1.71. The zero-order valence-electron chi connectivity index (χ0n) is 16.7. The Morgan fingerprint density at radius 2 is 2.03 bits per heavy atom. The summed E-state index contributed by atoms with van der Waals surface area (Å²) in [6, 6.07) is 8.50. The fourth-order valence-corrected chi connectivity index (χ4v) is 3.46. The van der Waals surface area contributed by atoms with Crippen molar-refractivity contribution in [1.29, 1.82) is 0 Å². The van der Waals surface area contributed by atoms with Crippen LogP contribution in [0.5, 0.6) is 0 Å². The Bertz CT molecular complexity index is 1010. The van der Waals surface area contributed by atoms with E-state index in [1.165, 1.54) is 12.3 Å². The van der Waals surface area contributed by atoms with Crippen molar-refractivity contribution in [3.63, 3.8) is 0 Å². The fraction of sp³-hybridized carbons (Fsp3) is 0.286. The number of aliphatic imine (C=N–C) groups is 1. The molecule has 2 aromatic heterocycles. The first kappa shape index (κ1) is 19.7. The van der Waals surface area contributed by atoms with Crippen LogP contribution in [0.4, 0.5) is 4.39 Å². The maximum absolute atomic E-state index is 14.4. The van der Waals surface area contributed by atoms with E-state index >= 15 is 0 Å². The van der Waals surface area contributed by atoms with Gasteiger partial charge in [0, 0.05) is 52.2 Å². The summed E-state index contributed by atoms with van der Waals surface area (Å²) in [5, 5.41) is 3.28. The van der Waals surface area contributed by atoms with E-state index in [1.807, 2.05) is 6.07 Å². The number of hydrogen-bond acceptors (Lipinski definition) is 4. The molecule has 1 amide bonds. The first-order valence-electron chi connectivity index (χ1n) is 9.71. The third kappa shape index (κ3) is 4.19. The summed E-state index contributed by atoms with van der Waals surface area (Å²) < 4.78 is 21.3. The number of aromatic nitrogens is 2. The molecule has 1 aliphatic rings. The highest BCUT2D eigenvalue weighted by Crippen LogP contribution is 2.15. The molecule has 0 saturated carbocycles. The van der Waals surface area contributed by atoms with E-state index in [2.05, 4.69) is 20.2 Å². The quantitative estimate of drug-likeness (QED) is 0.527. The molecule has 0 unspecified atom stereocenters. The van der Waals surface area contributed by atoms with Gasteiger partial charge in [-0.25, -0.2) is 9.37 Å². The van der Waals surface area contributed by atoms with Crippen LogP contribution in [0, 0.1) is 5.82 Å². The van der Waals surface area contributed by atoms with Gasteiger partial charge < -0.3 is 24.1 Å². The Morgan fingerprint density at radius 1 is 1.23 bits per heavy atom. The van der Waals surface area contributed by atoms with Crippen LogP contribution in [0.2, 0.25) is 0 Å². The normalized spacial score (nSPS) is 14.8. The van der Waals surface area contributed by atoms with Crippen molar-refractivity contribution in [1.82, 2.24) is 24.7 Å². The maximum atomic E-state index is 14.4. The number of carbonyl (C=O) groups is 1. The number of imidazole rings is 1. The van der Waals surface area contributed by atoms with Gasteiger partial charge in [-0.1, -0.05) is 6.07 Å². The van der Waals surface area contributed by atoms with Crippen LogP contribution in [0.3, 0.4) is 0 Å². The van der Waals surface area contributed by atoms with Gasteiger partial charge in [0.1, 0.15) is 5.82 Å². The summed E-state index contributed by atoms with van der Waals surface area (Å²) in [5.74, 6) is 0.662. The number of benzene rings is 1. The van der Waals surface area contributed by atoms with Crippen molar-refractivity contribution in [3.8, 4) is 5.69 Å². The highest BCUT2D eigenvalue weighted by Gasteiger charge is 2.25. The van der Waals surface area contributed by atoms with Crippen LogP contribution in [0.25, 0.3) is 5.69 Å². The standard InChI is InChI=1S/C21H23FN6O2/c1-23-21(27-10-8-26(9-11-27)20(29)19-3-2-12-30-19)25-14-16-4-5-18(17(22)13-16)28-7-6-24-15-28/h2-7,12-13,15H,8-11,14H2,1H3,(H,23,25). The van der Waals surface area contributed by atoms with Gasteiger partial charge in [-0.3, -0.25) is 9.79 Å². The molecule has 0 atom stereocenters. The first-order chi connectivity index (χ1) is 14.7. The molecular weight excluding hydrogens is 387 g/mol. The number of nitrogens with zero attached hydrogens (tertiary/aromatic N) is 5. The zero-order chi connectivity index (χ0) is 20.9. The van der Waals surface area contributed by atoms with Gasteiger partial charge in [0.15, 0.2) is 11.7 Å². The number of furan rings is 1. The van der Waals surface area contributed by atoms with Crippen molar-refractivity contribution in [2.75, 3.05) is 33.2 Å². The SMILES string of the molecule is CN=C(NCc1ccc(-n2ccnc2)c(F)c1)N1CCN(C(=O)c2ccco2)CC1. The lowest BCUT2D eigenvalue weighted by atomic mass is 10.2. The van der Waals surface area contributed by atoms with E-state index in [0.717, 1.165) is 11.5 Å². The van der Waals surface area contributed by atoms with Gasteiger partial charge in [0.2, 0.25) is 0 Å². The van der Waals surface area contributed by atoms with Gasteiger partial charge >= 0.3 is 0 Å². The predicted octanol–water partition coefficient (Wildman–Crippen LogP) is 2.14. The number of guanidine groups is 1. The molecule has 1 aromatic carbocycles. The van der Waals surface area contributed by atoms with Gasteiger partial charge in [-0.05, 0) is 29.8 Å². The van der Waals surface area contributed by atoms with Gasteiger partial charge in [0.25, 0.3) is 5.91 Å². The second kappa shape index (κ2) is 8.81. The Balaban J connectivity index is 1.32. The predicted molar refractivity (Wildman–Crippen MR) is 110 cm³/mol. The van der Waals surface area contributed by atoms with Crippen LogP contribution < -0.4 is 5.32 Å². The molecule has 3 aromatic rings. The van der Waals surface area contributed by atoms with Crippen molar-refractivity contribution in [3.05, 3.63) is 72.5 Å². The Labute approximate surface area is 173 Å². The van der Waals surface area contributed by atoms with Gasteiger partial charge in [0.05, 0.1) is 18.3 Å². The molecule has 3 heterocycles. The molecule has 8 nitrogen and oxygen atoms in total. The number of nitrogens with one attached hydrogen (secondary N) is 1. The smallest absolute Gasteiger partial charge is 0.289 e. The van der Waals surface area contributed by atoms with E-state index in [9.17, 15) is 9.18 Å². The van der Waals surface area contributed by atoms with Crippen molar-refractivity contribution < 1.29 is 13.6 Å². The van der Waals surface area contributed by atoms with E-state index in [4.69, 9.17) is 4.42 Å². The highest BCUT2D eigenvalue weighted by molar-refractivity contribution is 5.91. The zero-order valence-corrected chi connectivity index (χ0v) is 16.7. The Kier molecular flexibility index (Phi) is 5.78. The molecule has 1 aliphatic heterocycles. The van der Waals surface area contributed by atoms with Crippen LogP contribution in [0.15, 0.2) is 64.7 Å². The van der Waals surface area contributed by atoms with Crippen molar-refractivity contribution in [2.24, 2.45) is 4.99 Å². The molecule has 1 N–H and O–H groups in total. The lowest BCUT2D eigenvalue weighted by Gasteiger charge is -2.36. The van der Waals surface area contributed by atoms with Gasteiger partial charge in [-0.2, -0.15) is 0 Å². The molecule has 0 radical (unpaired) electrons. The van der Waals surface area contributed by atoms with E-state index in [0.29, 0.717) is 44.2 Å². The number of hydrogen-bond donors (Lipinski definition) is 1. The second-order valence-corrected chi connectivity index (χ2v) is 6.91. The largest absolute Gasteiger partial charge is 0.459 e. The number of amides is 1. The minimum atomic E-state index is -0.313. The van der Waals surface area contributed by atoms with E-state index < -0.39 is 0 Å². The lowest BCUT2D eigenvalue weighted by Crippen LogP contribution is -2.53. The molecule has 1 saturated heterocycles. The fourth-order valence-electron chi connectivity index (χ4n) is 3.46. The minimum Gasteiger partial charge on any atom is -0.459 e. The monoisotopic (exact) mass is 410 g/mol. The minimum absolute atomic E-state index is 0.101. The van der Waals surface area contributed by atoms with Crippen molar-refractivity contribution >= 4 is 11.9 Å². The number of carbonyl (C=O) groups excluding carboxylic acids is 1. The number of halogens is 1. The average molecular weight is 410 g/mol. The highest BCUT2D eigenvalue weighted by atomic mass is 19.1. The molecular formula is C21H23FN6O2. The van der Waals surface area contributed by atoms with E-state index in [1.54, 1.807) is 53.4 Å². The molecule has 9 heteroatoms. The third-order valence-electron chi connectivity index (χ3n) is 5.06. The number of rotatable bonds is 4. The summed E-state index contributed by atoms with van der Waals surface area (Å²) in [5.41, 5.74) is 1.27. The van der Waals surface area contributed by atoms with Crippen LogP contribution in [0.1, 0.15) is 16.1 Å². The summed E-state index contributed by atoms with van der Waals surface area (Å²) >= 11 is 0. The summed E-state index contributed by atoms with van der Waals surface area (Å²) in [4.78, 5) is 24.5. The average Bonchev–Trinajstić information content (AvgIpc) is 3.49. The molecule has 156 valence electrons. The lowest BCUT2D eigenvalue weighted by molar-refractivity contribution is 0.0657. The molecule has 0 aliphatic carbocycles. The van der Waals surface area contributed by atoms with Crippen molar-refractivity contribution in [2.45, 2.75) is 6.54 Å². The van der Waals surface area contributed by atoms with Crippen LogP contribution >= 0.6 is 0 Å². The Hall–Kier alpha value is -3.62. The molecule has 1 fully saturated rings. The molecule has 0 bridgehead atoms. The molecule has 0 spiro atoms. The molecule has 4 rings (SSSR count).